The van der Waals surface area contributed by atoms with Gasteiger partial charge in [-0.1, -0.05) is 53.2 Å². The fourth-order valence-corrected chi connectivity index (χ4v) is 14.7. The third-order valence-corrected chi connectivity index (χ3v) is 18.5. The normalized spacial score (nSPS) is 52.1. The number of aliphatic hydroxyl groups excluding tert-OH is 10. The molecule has 0 bridgehead atoms. The summed E-state index contributed by atoms with van der Waals surface area (Å²) in [5.41, 5.74) is -0.583. The van der Waals surface area contributed by atoms with Crippen molar-refractivity contribution in [2.45, 2.75) is 204 Å². The number of carboxylic acid groups (broad SMARTS) is 1. The zero-order valence-corrected chi connectivity index (χ0v) is 38.8. The molecular weight excluding hydrogens is 868 g/mol. The van der Waals surface area contributed by atoms with Gasteiger partial charge in [-0.15, -0.1) is 0 Å². The van der Waals surface area contributed by atoms with Crippen molar-refractivity contribution >= 4 is 11.9 Å². The molecule has 0 radical (unpaired) electrons. The van der Waals surface area contributed by atoms with Crippen molar-refractivity contribution in [1.29, 1.82) is 0 Å². The van der Waals surface area contributed by atoms with Gasteiger partial charge in [0.1, 0.15) is 67.1 Å². The lowest BCUT2D eigenvalue weighted by molar-refractivity contribution is -0.374. The van der Waals surface area contributed by atoms with Crippen molar-refractivity contribution in [2.75, 3.05) is 13.2 Å². The number of hydrogen-bond acceptors (Lipinski definition) is 18. The van der Waals surface area contributed by atoms with Crippen molar-refractivity contribution in [3.8, 4) is 0 Å². The van der Waals surface area contributed by atoms with Crippen LogP contribution in [-0.4, -0.2) is 180 Å². The fourth-order valence-electron chi connectivity index (χ4n) is 14.7. The molecule has 19 nitrogen and oxygen atoms in total. The molecule has 5 aliphatic carbocycles. The Morgan fingerprint density at radius 3 is 1.85 bits per heavy atom. The molecule has 19 heteroatoms. The summed E-state index contributed by atoms with van der Waals surface area (Å²) >= 11 is 0. The second-order valence-electron chi connectivity index (χ2n) is 22.9. The Labute approximate surface area is 385 Å². The molecule has 3 saturated heterocycles. The molecule has 0 unspecified atom stereocenters. The number of aliphatic hydroxyl groups is 10. The van der Waals surface area contributed by atoms with Crippen LogP contribution in [0.5, 0.6) is 0 Å². The lowest BCUT2D eigenvalue weighted by atomic mass is 9.37. The van der Waals surface area contributed by atoms with Crippen LogP contribution in [0, 0.1) is 50.7 Å². The largest absolute Gasteiger partial charge is 0.479 e. The predicted molar refractivity (Wildman–Crippen MR) is 226 cm³/mol. The van der Waals surface area contributed by atoms with Crippen molar-refractivity contribution in [3.63, 3.8) is 0 Å². The number of rotatable bonds is 9. The Hall–Kier alpha value is -1.92. The number of aliphatic carboxylic acids is 1. The van der Waals surface area contributed by atoms with Crippen LogP contribution < -0.4 is 0 Å². The van der Waals surface area contributed by atoms with Crippen LogP contribution in [-0.2, 0) is 38.0 Å². The minimum Gasteiger partial charge on any atom is -0.479 e. The number of ether oxygens (including phenoxy) is 6. The minimum absolute atomic E-state index is 0.0658. The monoisotopic (exact) mass is 942 g/mol. The summed E-state index contributed by atoms with van der Waals surface area (Å²) in [6, 6.07) is 0. The molecule has 66 heavy (non-hydrogen) atoms. The zero-order valence-electron chi connectivity index (χ0n) is 38.8. The van der Waals surface area contributed by atoms with Gasteiger partial charge >= 0.3 is 11.9 Å². The Morgan fingerprint density at radius 1 is 0.621 bits per heavy atom. The van der Waals surface area contributed by atoms with E-state index in [4.69, 9.17) is 28.4 Å². The minimum atomic E-state index is -1.97. The van der Waals surface area contributed by atoms with Gasteiger partial charge in [-0.05, 0) is 110 Å². The Kier molecular flexibility index (Phi) is 13.8. The maximum atomic E-state index is 14.6. The molecule has 376 valence electrons. The highest BCUT2D eigenvalue weighted by molar-refractivity contribution is 5.79. The van der Waals surface area contributed by atoms with E-state index in [1.54, 1.807) is 0 Å². The van der Waals surface area contributed by atoms with E-state index in [9.17, 15) is 65.8 Å². The Morgan fingerprint density at radius 2 is 1.23 bits per heavy atom. The van der Waals surface area contributed by atoms with E-state index in [1.807, 2.05) is 0 Å². The van der Waals surface area contributed by atoms with E-state index >= 15 is 0 Å². The van der Waals surface area contributed by atoms with Gasteiger partial charge in [-0.3, -0.25) is 4.79 Å². The number of carbonyl (C=O) groups excluding carboxylic acids is 1. The average molecular weight is 943 g/mol. The molecule has 23 atom stereocenters. The SMILES string of the molecule is CC1(C)CC[C@@]2(C(=O)O[C@@H]3O[C@H](CO)[C@@H](O)[C@H](O)[C@H]3O)CC[C@H]3C(=CC[C@H]4[C@]5(C)CC[C@H](O[C@@H]6O[C@H](C(=O)O)[C@@H](O)[C@H](O)[C@H]6O[C@@H]6O[C@H](CO)[C@@H](O)[C@H](O)[C@H]6O)C(C)(C)[C@H]5CC[C@]43C)[C@@H]2C1. The van der Waals surface area contributed by atoms with Gasteiger partial charge in [0.25, 0.3) is 0 Å². The van der Waals surface area contributed by atoms with Crippen LogP contribution in [0.1, 0.15) is 106 Å². The summed E-state index contributed by atoms with van der Waals surface area (Å²) in [5, 5.41) is 115. The standard InChI is InChI=1S/C47H74O19/c1-43(2)15-16-47(42(60)66-40-35(57)31(53)29(51)24(19-49)62-40)14-9-21-20(22(47)17-43)7-8-26-45(21,5)12-10-25-44(3,4)27(11-13-46(25,26)6)63-41-37(33(55)32(54)36(64-41)38(58)59)65-39-34(56)30(52)28(50)23(18-48)61-39/h7,21-37,39-41,48-57H,8-19H2,1-6H3,(H,58,59)/t21-,22-,23+,24+,25+,26+,27-,28+,29+,30-,31-,32-,33-,34+,35+,36-,37+,39-,40-,41+,45-,46+,47-/m0/s1. The summed E-state index contributed by atoms with van der Waals surface area (Å²) in [7, 11) is 0. The second-order valence-corrected chi connectivity index (χ2v) is 22.9. The van der Waals surface area contributed by atoms with E-state index in [1.165, 1.54) is 5.57 Å². The molecule has 3 aliphatic heterocycles. The van der Waals surface area contributed by atoms with E-state index in [2.05, 4.69) is 47.6 Å². The molecule has 7 fully saturated rings. The average Bonchev–Trinajstić information content (AvgIpc) is 3.26. The first-order valence-electron chi connectivity index (χ1n) is 23.9. The number of fused-ring (bicyclic) bond motifs is 7. The molecule has 0 aromatic heterocycles. The summed E-state index contributed by atoms with van der Waals surface area (Å²) in [5.74, 6) is -1.68. The van der Waals surface area contributed by atoms with E-state index in [0.29, 0.717) is 19.3 Å². The van der Waals surface area contributed by atoms with E-state index in [0.717, 1.165) is 44.9 Å². The quantitative estimate of drug-likeness (QED) is 0.0813. The van der Waals surface area contributed by atoms with Gasteiger partial charge in [-0.2, -0.15) is 0 Å². The molecule has 0 aromatic carbocycles. The maximum absolute atomic E-state index is 14.6. The molecule has 8 aliphatic rings. The second kappa shape index (κ2) is 18.0. The fraction of sp³-hybridized carbons (Fsp3) is 0.915. The molecule has 8 rings (SSSR count). The molecular formula is C47H74O19. The van der Waals surface area contributed by atoms with Crippen molar-refractivity contribution in [3.05, 3.63) is 11.6 Å². The van der Waals surface area contributed by atoms with Crippen LogP contribution in [0.15, 0.2) is 11.6 Å². The van der Waals surface area contributed by atoms with E-state index in [-0.39, 0.29) is 39.9 Å². The summed E-state index contributed by atoms with van der Waals surface area (Å²) in [6.45, 7) is 12.0. The van der Waals surface area contributed by atoms with E-state index < -0.39 is 134 Å². The summed E-state index contributed by atoms with van der Waals surface area (Å²) < 4.78 is 35.6. The Balaban J connectivity index is 1.03. The summed E-state index contributed by atoms with van der Waals surface area (Å²) in [4.78, 5) is 26.8. The third-order valence-electron chi connectivity index (χ3n) is 18.5. The van der Waals surface area contributed by atoms with Crippen LogP contribution in [0.2, 0.25) is 0 Å². The zero-order chi connectivity index (χ0) is 48.2. The number of carboxylic acids is 1. The molecule has 0 spiro atoms. The van der Waals surface area contributed by atoms with Gasteiger partial charge < -0.3 is 84.6 Å². The first-order chi connectivity index (χ1) is 30.9. The molecule has 4 saturated carbocycles. The van der Waals surface area contributed by atoms with Crippen molar-refractivity contribution < 1.29 is 94.2 Å². The molecule has 3 heterocycles. The van der Waals surface area contributed by atoms with Crippen molar-refractivity contribution in [1.82, 2.24) is 0 Å². The number of carbonyl (C=O) groups is 2. The van der Waals surface area contributed by atoms with Gasteiger partial charge in [0.2, 0.25) is 6.29 Å². The van der Waals surface area contributed by atoms with Crippen LogP contribution in [0.4, 0.5) is 0 Å². The molecule has 11 N–H and O–H groups in total. The molecule has 0 aromatic rings. The smallest absolute Gasteiger partial charge is 0.335 e. The van der Waals surface area contributed by atoms with Gasteiger partial charge in [0, 0.05) is 0 Å². The summed E-state index contributed by atoms with van der Waals surface area (Å²) in [6.07, 6.45) is -16.2. The topological polar surface area (TPSA) is 312 Å². The first-order valence-corrected chi connectivity index (χ1v) is 23.9. The molecule has 0 amide bonds. The number of esters is 1. The highest BCUT2D eigenvalue weighted by Gasteiger charge is 2.67. The highest BCUT2D eigenvalue weighted by Crippen LogP contribution is 2.72. The third kappa shape index (κ3) is 8.10. The number of allylic oxidation sites excluding steroid dienone is 2. The lowest BCUT2D eigenvalue weighted by Crippen LogP contribution is -2.66. The van der Waals surface area contributed by atoms with Crippen LogP contribution >= 0.6 is 0 Å². The van der Waals surface area contributed by atoms with Gasteiger partial charge in [0.05, 0.1) is 24.7 Å². The van der Waals surface area contributed by atoms with Gasteiger partial charge in [-0.25, -0.2) is 4.79 Å². The van der Waals surface area contributed by atoms with Crippen LogP contribution in [0.25, 0.3) is 0 Å². The Bertz CT molecular complexity index is 1820. The lowest BCUT2D eigenvalue weighted by Gasteiger charge is -2.68. The highest BCUT2D eigenvalue weighted by atomic mass is 16.8. The van der Waals surface area contributed by atoms with Crippen LogP contribution in [0.3, 0.4) is 0 Å². The number of hydrogen-bond donors (Lipinski definition) is 11. The maximum Gasteiger partial charge on any atom is 0.335 e. The van der Waals surface area contributed by atoms with Crippen molar-refractivity contribution in [2.24, 2.45) is 50.7 Å². The van der Waals surface area contributed by atoms with Gasteiger partial charge in [0.15, 0.2) is 18.7 Å². The predicted octanol–water partition coefficient (Wildman–Crippen LogP) is -0.157. The first kappa shape index (κ1) is 50.5.